The van der Waals surface area contributed by atoms with Crippen LogP contribution in [-0.2, 0) is 35.8 Å². The Morgan fingerprint density at radius 1 is 1.31 bits per heavy atom. The largest absolute Gasteiger partial charge is 0.465 e. The van der Waals surface area contributed by atoms with Crippen LogP contribution >= 0.6 is 11.3 Å². The fourth-order valence-corrected chi connectivity index (χ4v) is 5.82. The van der Waals surface area contributed by atoms with Crippen LogP contribution in [0.2, 0.25) is 0 Å². The maximum Gasteiger partial charge on any atom is 0.339 e. The van der Waals surface area contributed by atoms with Gasteiger partial charge in [0.25, 0.3) is 0 Å². The summed E-state index contributed by atoms with van der Waals surface area (Å²) in [5.41, 5.74) is 2.52. The molecule has 0 amide bonds. The topological polar surface area (TPSA) is 104 Å². The summed E-state index contributed by atoms with van der Waals surface area (Å²) in [6.45, 7) is 1.94. The summed E-state index contributed by atoms with van der Waals surface area (Å²) in [6.07, 6.45) is 6.42. The van der Waals surface area contributed by atoms with E-state index in [0.717, 1.165) is 47.6 Å². The van der Waals surface area contributed by atoms with Crippen LogP contribution in [0.15, 0.2) is 12.4 Å². The molecule has 10 heteroatoms. The Morgan fingerprint density at radius 3 is 2.81 bits per heavy atom. The number of carbonyl (C=O) groups is 2. The van der Waals surface area contributed by atoms with Crippen molar-refractivity contribution in [2.45, 2.75) is 51.5 Å². The molecule has 9 nitrogen and oxygen atoms in total. The molecule has 1 atom stereocenters. The second-order valence-electron chi connectivity index (χ2n) is 8.59. The van der Waals surface area contributed by atoms with Gasteiger partial charge in [0.15, 0.2) is 0 Å². The molecular weight excluding hydrogens is 428 g/mol. The van der Waals surface area contributed by atoms with Crippen molar-refractivity contribution in [3.8, 4) is 0 Å². The Bertz CT molecular complexity index is 1190. The van der Waals surface area contributed by atoms with Gasteiger partial charge >= 0.3 is 5.97 Å². The Hall–Kier alpha value is -3.01. The van der Waals surface area contributed by atoms with E-state index in [0.29, 0.717) is 24.4 Å². The number of hydrogen-bond acceptors (Lipinski definition) is 8. The van der Waals surface area contributed by atoms with Gasteiger partial charge in [0.2, 0.25) is 5.95 Å². The van der Waals surface area contributed by atoms with Crippen molar-refractivity contribution < 1.29 is 14.3 Å². The third-order valence-corrected chi connectivity index (χ3v) is 7.57. The number of ketones is 1. The number of aromatic nitrogens is 5. The van der Waals surface area contributed by atoms with Crippen molar-refractivity contribution in [3.05, 3.63) is 39.0 Å². The fourth-order valence-electron chi connectivity index (χ4n) is 4.47. The van der Waals surface area contributed by atoms with Gasteiger partial charge in [-0.3, -0.25) is 14.0 Å². The predicted octanol–water partition coefficient (Wildman–Crippen LogP) is 3.16. The number of ether oxygens (including phenoxy) is 1. The second kappa shape index (κ2) is 8.16. The lowest BCUT2D eigenvalue weighted by atomic mass is 9.90. The van der Waals surface area contributed by atoms with Crippen molar-refractivity contribution >= 4 is 34.9 Å². The van der Waals surface area contributed by atoms with E-state index in [1.807, 2.05) is 24.6 Å². The quantitative estimate of drug-likeness (QED) is 0.547. The van der Waals surface area contributed by atoms with Gasteiger partial charge in [-0.1, -0.05) is 0 Å². The minimum atomic E-state index is -0.353. The zero-order valence-corrected chi connectivity index (χ0v) is 19.2. The Kier molecular flexibility index (Phi) is 5.32. The Balaban J connectivity index is 1.43. The molecule has 2 aliphatic rings. The molecule has 5 rings (SSSR count). The number of fused-ring (bicyclic) bond motifs is 1. The highest BCUT2D eigenvalue weighted by molar-refractivity contribution is 7.12. The first-order valence-corrected chi connectivity index (χ1v) is 11.7. The number of rotatable bonds is 7. The average molecular weight is 455 g/mol. The number of aryl methyl sites for hydroxylation is 3. The number of Topliss-reactive ketones (excluding diaryl/α,β-unsaturated/α-hetero) is 1. The number of esters is 1. The van der Waals surface area contributed by atoms with Crippen LogP contribution < -0.4 is 5.32 Å². The molecular formula is C22H26N6O3S. The van der Waals surface area contributed by atoms with E-state index in [4.69, 9.17) is 4.74 Å². The van der Waals surface area contributed by atoms with E-state index in [2.05, 4.69) is 20.6 Å². The second-order valence-corrected chi connectivity index (χ2v) is 9.78. The molecule has 0 aliphatic heterocycles. The standard InChI is InChI=1S/C22H26N6O3S/c1-12-8-19(27(2)26-12)24-22-25-23-11-28(22)14-6-7-17-15(9-14)20(21(30)31-3)18(32-17)10-16(29)13-4-5-13/h8,11,13-14H,4-7,9-10H2,1-3H3,(H,24,25). The third kappa shape index (κ3) is 3.83. The highest BCUT2D eigenvalue weighted by Gasteiger charge is 2.34. The molecule has 1 unspecified atom stereocenters. The van der Waals surface area contributed by atoms with Gasteiger partial charge in [0.05, 0.1) is 18.4 Å². The summed E-state index contributed by atoms with van der Waals surface area (Å²) in [5, 5.41) is 16.1. The van der Waals surface area contributed by atoms with E-state index >= 15 is 0 Å². The van der Waals surface area contributed by atoms with Crippen LogP contribution in [0.5, 0.6) is 0 Å². The summed E-state index contributed by atoms with van der Waals surface area (Å²) in [7, 11) is 3.28. The Labute approximate surface area is 189 Å². The monoisotopic (exact) mass is 454 g/mol. The van der Waals surface area contributed by atoms with E-state index in [9.17, 15) is 9.59 Å². The number of nitrogens with one attached hydrogen (secondary N) is 1. The summed E-state index contributed by atoms with van der Waals surface area (Å²) in [6, 6.07) is 2.05. The molecule has 0 radical (unpaired) electrons. The van der Waals surface area contributed by atoms with Crippen LogP contribution in [0.4, 0.5) is 11.8 Å². The molecule has 0 saturated heterocycles. The van der Waals surface area contributed by atoms with Crippen LogP contribution in [-0.4, -0.2) is 43.4 Å². The van der Waals surface area contributed by atoms with Gasteiger partial charge in [-0.15, -0.1) is 21.5 Å². The van der Waals surface area contributed by atoms with Gasteiger partial charge < -0.3 is 10.1 Å². The van der Waals surface area contributed by atoms with Gasteiger partial charge in [0.1, 0.15) is 17.9 Å². The summed E-state index contributed by atoms with van der Waals surface area (Å²) >= 11 is 1.60. The first-order valence-electron chi connectivity index (χ1n) is 10.9. The number of nitrogens with zero attached hydrogens (tertiary/aromatic N) is 5. The van der Waals surface area contributed by atoms with E-state index in [-0.39, 0.29) is 23.7 Å². The molecule has 1 N–H and O–H groups in total. The van der Waals surface area contributed by atoms with Crippen molar-refractivity contribution in [2.24, 2.45) is 13.0 Å². The normalized spacial score (nSPS) is 17.8. The maximum atomic E-state index is 12.7. The molecule has 3 aromatic heterocycles. The Morgan fingerprint density at radius 2 is 2.12 bits per heavy atom. The zero-order chi connectivity index (χ0) is 22.4. The van der Waals surface area contributed by atoms with Crippen LogP contribution in [0, 0.1) is 12.8 Å². The molecule has 0 spiro atoms. The summed E-state index contributed by atoms with van der Waals surface area (Å²) in [4.78, 5) is 27.2. The molecule has 3 aromatic rings. The van der Waals surface area contributed by atoms with Gasteiger partial charge in [0, 0.05) is 41.2 Å². The smallest absolute Gasteiger partial charge is 0.339 e. The molecule has 1 fully saturated rings. The minimum Gasteiger partial charge on any atom is -0.465 e. The number of anilines is 2. The van der Waals surface area contributed by atoms with E-state index < -0.39 is 0 Å². The summed E-state index contributed by atoms with van der Waals surface area (Å²) < 4.78 is 8.90. The van der Waals surface area contributed by atoms with Crippen molar-refractivity contribution in [2.75, 3.05) is 12.4 Å². The minimum absolute atomic E-state index is 0.0966. The van der Waals surface area contributed by atoms with Crippen molar-refractivity contribution in [1.82, 2.24) is 24.5 Å². The fraction of sp³-hybridized carbons (Fsp3) is 0.500. The molecule has 0 aromatic carbocycles. The van der Waals surface area contributed by atoms with Gasteiger partial charge in [-0.25, -0.2) is 4.79 Å². The first-order chi connectivity index (χ1) is 15.4. The highest BCUT2D eigenvalue weighted by Crippen LogP contribution is 2.41. The maximum absolute atomic E-state index is 12.7. The molecule has 1 saturated carbocycles. The lowest BCUT2D eigenvalue weighted by Gasteiger charge is -2.25. The summed E-state index contributed by atoms with van der Waals surface area (Å²) in [5.74, 6) is 1.53. The number of carbonyl (C=O) groups excluding carboxylic acids is 2. The average Bonchev–Trinajstić information content (AvgIpc) is 3.31. The first kappa shape index (κ1) is 20.9. The molecule has 3 heterocycles. The SMILES string of the molecule is COC(=O)c1c(CC(=O)C2CC2)sc2c1CC(n1cnnc1Nc1cc(C)nn1C)CC2. The number of hydrogen-bond donors (Lipinski definition) is 1. The highest BCUT2D eigenvalue weighted by atomic mass is 32.1. The van der Waals surface area contributed by atoms with Crippen molar-refractivity contribution in [1.29, 1.82) is 0 Å². The molecule has 0 bridgehead atoms. The van der Waals surface area contributed by atoms with Gasteiger partial charge in [-0.05, 0) is 44.6 Å². The third-order valence-electron chi connectivity index (χ3n) is 6.27. The van der Waals surface area contributed by atoms with Crippen LogP contribution in [0.1, 0.15) is 56.7 Å². The van der Waals surface area contributed by atoms with E-state index in [1.54, 1.807) is 22.3 Å². The van der Waals surface area contributed by atoms with Crippen molar-refractivity contribution in [3.63, 3.8) is 0 Å². The lowest BCUT2D eigenvalue weighted by Crippen LogP contribution is -2.21. The zero-order valence-electron chi connectivity index (χ0n) is 18.4. The van der Waals surface area contributed by atoms with Gasteiger partial charge in [-0.2, -0.15) is 5.10 Å². The lowest BCUT2D eigenvalue weighted by molar-refractivity contribution is -0.119. The molecule has 2 aliphatic carbocycles. The number of methoxy groups -OCH3 is 1. The van der Waals surface area contributed by atoms with Crippen LogP contribution in [0.25, 0.3) is 0 Å². The van der Waals surface area contributed by atoms with Crippen LogP contribution in [0.3, 0.4) is 0 Å². The van der Waals surface area contributed by atoms with E-state index in [1.165, 1.54) is 12.0 Å². The molecule has 32 heavy (non-hydrogen) atoms. The predicted molar refractivity (Wildman–Crippen MR) is 119 cm³/mol. The molecule has 168 valence electrons. The number of thiophene rings is 1.